The molecule has 0 unspecified atom stereocenters. The highest BCUT2D eigenvalue weighted by molar-refractivity contribution is 6.42. The van der Waals surface area contributed by atoms with Crippen LogP contribution in [0.25, 0.3) is 17.4 Å². The molecule has 1 aliphatic rings. The fraction of sp³-hybridized carbons (Fsp3) is 0.0455. The molecule has 0 spiro atoms. The van der Waals surface area contributed by atoms with E-state index in [0.29, 0.717) is 32.8 Å². The van der Waals surface area contributed by atoms with Gasteiger partial charge >= 0.3 is 5.97 Å². The molecule has 6 nitrogen and oxygen atoms in total. The number of rotatable bonds is 4. The number of amides is 1. The Kier molecular flexibility index (Phi) is 5.44. The van der Waals surface area contributed by atoms with E-state index in [1.165, 1.54) is 13.0 Å². The molecular formula is C22H14Cl2N2O4. The molecule has 1 N–H and O–H groups in total. The van der Waals surface area contributed by atoms with Crippen LogP contribution >= 0.6 is 23.2 Å². The first kappa shape index (κ1) is 19.9. The lowest BCUT2D eigenvalue weighted by Crippen LogP contribution is -2.07. The number of furan rings is 1. The smallest absolute Gasteiger partial charge is 0.363 e. The fourth-order valence-electron chi connectivity index (χ4n) is 2.80. The summed E-state index contributed by atoms with van der Waals surface area (Å²) in [5, 5.41) is 3.54. The Hall–Kier alpha value is -3.35. The molecule has 150 valence electrons. The molecule has 0 radical (unpaired) electrons. The van der Waals surface area contributed by atoms with E-state index in [0.717, 1.165) is 5.56 Å². The summed E-state index contributed by atoms with van der Waals surface area (Å²) in [5.41, 5.74) is 2.12. The number of carbonyl (C=O) groups excluding carboxylic acids is 2. The van der Waals surface area contributed by atoms with E-state index in [9.17, 15) is 9.59 Å². The molecule has 1 aromatic heterocycles. The van der Waals surface area contributed by atoms with Crippen LogP contribution in [0.15, 0.2) is 69.7 Å². The molecule has 1 aliphatic heterocycles. The molecule has 1 amide bonds. The molecule has 4 rings (SSSR count). The summed E-state index contributed by atoms with van der Waals surface area (Å²) in [7, 11) is 0. The van der Waals surface area contributed by atoms with Gasteiger partial charge in [0.05, 0.1) is 10.0 Å². The molecule has 30 heavy (non-hydrogen) atoms. The number of carbonyl (C=O) groups is 2. The van der Waals surface area contributed by atoms with E-state index in [-0.39, 0.29) is 17.5 Å². The van der Waals surface area contributed by atoms with Gasteiger partial charge in [-0.25, -0.2) is 9.79 Å². The van der Waals surface area contributed by atoms with Gasteiger partial charge in [-0.05, 0) is 54.6 Å². The average Bonchev–Trinajstić information content (AvgIpc) is 3.32. The molecule has 8 heteroatoms. The van der Waals surface area contributed by atoms with Gasteiger partial charge in [0, 0.05) is 29.8 Å². The Morgan fingerprint density at radius 1 is 1.00 bits per heavy atom. The summed E-state index contributed by atoms with van der Waals surface area (Å²) in [6, 6.07) is 15.5. The number of cyclic esters (lactones) is 1. The van der Waals surface area contributed by atoms with Crippen molar-refractivity contribution < 1.29 is 18.7 Å². The van der Waals surface area contributed by atoms with Crippen molar-refractivity contribution >= 4 is 52.7 Å². The highest BCUT2D eigenvalue weighted by Gasteiger charge is 2.24. The maximum absolute atomic E-state index is 12.2. The second-order valence-corrected chi connectivity index (χ2v) is 7.24. The Morgan fingerprint density at radius 3 is 2.43 bits per heavy atom. The van der Waals surface area contributed by atoms with Gasteiger partial charge in [0.15, 0.2) is 5.70 Å². The molecule has 0 atom stereocenters. The lowest BCUT2D eigenvalue weighted by molar-refractivity contribution is -0.130. The molecule has 3 aromatic rings. The van der Waals surface area contributed by atoms with Gasteiger partial charge < -0.3 is 14.5 Å². The largest absolute Gasteiger partial charge is 0.457 e. The number of nitrogens with one attached hydrogen (secondary N) is 1. The number of nitrogens with zero attached hydrogens (tertiary/aromatic N) is 1. The van der Waals surface area contributed by atoms with Crippen molar-refractivity contribution in [2.24, 2.45) is 4.99 Å². The van der Waals surface area contributed by atoms with Crippen LogP contribution in [0, 0.1) is 0 Å². The second kappa shape index (κ2) is 8.18. The van der Waals surface area contributed by atoms with Gasteiger partial charge in [-0.15, -0.1) is 0 Å². The first-order valence-electron chi connectivity index (χ1n) is 8.85. The van der Waals surface area contributed by atoms with E-state index >= 15 is 0 Å². The number of anilines is 1. The number of halogens is 2. The van der Waals surface area contributed by atoms with Crippen LogP contribution in [-0.2, 0) is 14.3 Å². The molecule has 0 fully saturated rings. The lowest BCUT2D eigenvalue weighted by atomic mass is 10.2. The summed E-state index contributed by atoms with van der Waals surface area (Å²) < 4.78 is 11.0. The summed E-state index contributed by atoms with van der Waals surface area (Å²) in [5.74, 6) is 0.440. The quantitative estimate of drug-likeness (QED) is 0.425. The number of ether oxygens (including phenoxy) is 1. The van der Waals surface area contributed by atoms with E-state index in [1.54, 1.807) is 54.6 Å². The number of esters is 1. The van der Waals surface area contributed by atoms with Crippen LogP contribution in [0.3, 0.4) is 0 Å². The molecule has 0 aliphatic carbocycles. The third-order valence-electron chi connectivity index (χ3n) is 4.18. The molecule has 0 saturated carbocycles. The van der Waals surface area contributed by atoms with Crippen molar-refractivity contribution in [1.82, 2.24) is 0 Å². The lowest BCUT2D eigenvalue weighted by Gasteiger charge is -2.03. The zero-order valence-electron chi connectivity index (χ0n) is 15.6. The summed E-state index contributed by atoms with van der Waals surface area (Å²) in [6.45, 7) is 1.43. The molecular weight excluding hydrogens is 427 g/mol. The van der Waals surface area contributed by atoms with Crippen molar-refractivity contribution in [3.8, 4) is 11.3 Å². The average molecular weight is 441 g/mol. The van der Waals surface area contributed by atoms with Gasteiger partial charge in [0.2, 0.25) is 11.8 Å². The van der Waals surface area contributed by atoms with Crippen molar-refractivity contribution in [3.05, 3.63) is 81.7 Å². The number of hydrogen-bond acceptors (Lipinski definition) is 5. The van der Waals surface area contributed by atoms with Gasteiger partial charge in [0.1, 0.15) is 11.5 Å². The van der Waals surface area contributed by atoms with Crippen molar-refractivity contribution in [3.63, 3.8) is 0 Å². The monoisotopic (exact) mass is 440 g/mol. The normalized spacial score (nSPS) is 14.6. The minimum atomic E-state index is -0.580. The Balaban J connectivity index is 1.56. The molecule has 2 aromatic carbocycles. The van der Waals surface area contributed by atoms with E-state index in [1.807, 2.05) is 0 Å². The summed E-state index contributed by atoms with van der Waals surface area (Å²) in [6.07, 6.45) is 1.50. The topological polar surface area (TPSA) is 80.9 Å². The van der Waals surface area contributed by atoms with Crippen LogP contribution in [-0.4, -0.2) is 17.8 Å². The van der Waals surface area contributed by atoms with Gasteiger partial charge in [0.25, 0.3) is 0 Å². The minimum Gasteiger partial charge on any atom is -0.457 e. The highest BCUT2D eigenvalue weighted by atomic mass is 35.5. The summed E-state index contributed by atoms with van der Waals surface area (Å²) in [4.78, 5) is 27.6. The molecule has 0 saturated heterocycles. The zero-order chi connectivity index (χ0) is 21.3. The first-order chi connectivity index (χ1) is 14.4. The van der Waals surface area contributed by atoms with Crippen LogP contribution in [0.4, 0.5) is 5.69 Å². The third-order valence-corrected chi connectivity index (χ3v) is 4.92. The highest BCUT2D eigenvalue weighted by Crippen LogP contribution is 2.30. The fourth-order valence-corrected chi connectivity index (χ4v) is 3.10. The van der Waals surface area contributed by atoms with Crippen LogP contribution in [0.5, 0.6) is 0 Å². The zero-order valence-corrected chi connectivity index (χ0v) is 17.1. The SMILES string of the molecule is CC(=O)Nc1ccc(C2=NC(=Cc3ccc(-c4ccc(Cl)c(Cl)c4)o3)C(=O)O2)cc1. The predicted molar refractivity (Wildman–Crippen MR) is 116 cm³/mol. The van der Waals surface area contributed by atoms with E-state index < -0.39 is 5.97 Å². The van der Waals surface area contributed by atoms with Crippen molar-refractivity contribution in [1.29, 1.82) is 0 Å². The van der Waals surface area contributed by atoms with Crippen LogP contribution < -0.4 is 5.32 Å². The molecule has 2 heterocycles. The molecule has 0 bridgehead atoms. The van der Waals surface area contributed by atoms with Crippen LogP contribution in [0.1, 0.15) is 18.2 Å². The Morgan fingerprint density at radius 2 is 1.73 bits per heavy atom. The van der Waals surface area contributed by atoms with Gasteiger partial charge in [-0.3, -0.25) is 4.79 Å². The van der Waals surface area contributed by atoms with Crippen LogP contribution in [0.2, 0.25) is 10.0 Å². The van der Waals surface area contributed by atoms with Crippen molar-refractivity contribution in [2.45, 2.75) is 6.92 Å². The Labute approximate surface area is 181 Å². The number of hydrogen-bond donors (Lipinski definition) is 1. The van der Waals surface area contributed by atoms with Gasteiger partial charge in [-0.1, -0.05) is 23.2 Å². The van der Waals surface area contributed by atoms with Gasteiger partial charge in [-0.2, -0.15) is 0 Å². The standard InChI is InChI=1S/C22H14Cl2N2O4/c1-12(27)25-15-5-2-13(3-6-15)21-26-19(22(28)30-21)11-16-7-9-20(29-16)14-4-8-17(23)18(24)10-14/h2-11H,1H3,(H,25,27). The van der Waals surface area contributed by atoms with Crippen molar-refractivity contribution in [2.75, 3.05) is 5.32 Å². The Bertz CT molecular complexity index is 1210. The van der Waals surface area contributed by atoms with E-state index in [2.05, 4.69) is 10.3 Å². The predicted octanol–water partition coefficient (Wildman–Crippen LogP) is 5.56. The maximum atomic E-state index is 12.2. The van der Waals surface area contributed by atoms with E-state index in [4.69, 9.17) is 32.4 Å². The third kappa shape index (κ3) is 4.30. The minimum absolute atomic E-state index is 0.117. The second-order valence-electron chi connectivity index (χ2n) is 6.43. The maximum Gasteiger partial charge on any atom is 0.363 e. The summed E-state index contributed by atoms with van der Waals surface area (Å²) >= 11 is 12.0. The number of benzene rings is 2. The number of aliphatic imine (C=N–C) groups is 1. The first-order valence-corrected chi connectivity index (χ1v) is 9.60.